The fraction of sp³-hybridized carbons (Fsp3) is 0.240. The van der Waals surface area contributed by atoms with Gasteiger partial charge in [-0.25, -0.2) is 0 Å². The van der Waals surface area contributed by atoms with E-state index in [-0.39, 0.29) is 11.8 Å². The molecule has 0 radical (unpaired) electrons. The van der Waals surface area contributed by atoms with Gasteiger partial charge in [-0.05, 0) is 67.3 Å². The van der Waals surface area contributed by atoms with E-state index in [9.17, 15) is 9.59 Å². The van der Waals surface area contributed by atoms with E-state index < -0.39 is 0 Å². The molecule has 0 unspecified atom stereocenters. The van der Waals surface area contributed by atoms with Crippen molar-refractivity contribution >= 4 is 11.8 Å². The summed E-state index contributed by atoms with van der Waals surface area (Å²) in [6.07, 6.45) is 5.01. The van der Waals surface area contributed by atoms with E-state index in [4.69, 9.17) is 4.74 Å². The van der Waals surface area contributed by atoms with Crippen molar-refractivity contribution in [1.29, 1.82) is 0 Å². The number of amides is 2. The Morgan fingerprint density at radius 1 is 0.903 bits per heavy atom. The first-order valence-electron chi connectivity index (χ1n) is 10.5. The van der Waals surface area contributed by atoms with Gasteiger partial charge in [0.15, 0.2) is 0 Å². The topological polar surface area (TPSA) is 71.5 Å². The lowest BCUT2D eigenvalue weighted by molar-refractivity contribution is 0.0684. The number of hydrogen-bond acceptors (Lipinski definition) is 4. The zero-order valence-electron chi connectivity index (χ0n) is 17.2. The Morgan fingerprint density at radius 2 is 1.61 bits per heavy atom. The summed E-state index contributed by atoms with van der Waals surface area (Å²) in [4.78, 5) is 30.9. The SMILES string of the molecule is O=C(NCC1CCN(C(=O)c2cccnc2)CC1)c1ccc(Oc2ccccc2)cc1. The summed E-state index contributed by atoms with van der Waals surface area (Å²) in [5.74, 6) is 1.73. The fourth-order valence-corrected chi connectivity index (χ4v) is 3.65. The number of likely N-dealkylation sites (tertiary alicyclic amines) is 1. The molecule has 1 aliphatic heterocycles. The number of hydrogen-bond donors (Lipinski definition) is 1. The highest BCUT2D eigenvalue weighted by Crippen LogP contribution is 2.22. The van der Waals surface area contributed by atoms with Crippen LogP contribution in [0.2, 0.25) is 0 Å². The van der Waals surface area contributed by atoms with Crippen LogP contribution in [0.3, 0.4) is 0 Å². The van der Waals surface area contributed by atoms with Crippen LogP contribution in [0.25, 0.3) is 0 Å². The maximum atomic E-state index is 12.5. The summed E-state index contributed by atoms with van der Waals surface area (Å²) in [6.45, 7) is 2.00. The summed E-state index contributed by atoms with van der Waals surface area (Å²) >= 11 is 0. The Morgan fingerprint density at radius 3 is 2.29 bits per heavy atom. The van der Waals surface area contributed by atoms with Crippen LogP contribution in [0.5, 0.6) is 11.5 Å². The highest BCUT2D eigenvalue weighted by molar-refractivity contribution is 5.94. The molecule has 158 valence electrons. The smallest absolute Gasteiger partial charge is 0.255 e. The molecule has 6 heteroatoms. The number of rotatable bonds is 6. The second-order valence-electron chi connectivity index (χ2n) is 7.63. The van der Waals surface area contributed by atoms with Gasteiger partial charge >= 0.3 is 0 Å². The second-order valence-corrected chi connectivity index (χ2v) is 7.63. The van der Waals surface area contributed by atoms with Crippen molar-refractivity contribution < 1.29 is 14.3 Å². The van der Waals surface area contributed by atoms with Gasteiger partial charge in [0.25, 0.3) is 11.8 Å². The molecule has 6 nitrogen and oxygen atoms in total. The molecule has 1 N–H and O–H groups in total. The normalized spacial score (nSPS) is 14.1. The van der Waals surface area contributed by atoms with Gasteiger partial charge in [-0.15, -0.1) is 0 Å². The molecule has 1 saturated heterocycles. The number of nitrogens with zero attached hydrogens (tertiary/aromatic N) is 2. The Bertz CT molecular complexity index is 999. The number of carbonyl (C=O) groups is 2. The average molecular weight is 415 g/mol. The highest BCUT2D eigenvalue weighted by atomic mass is 16.5. The summed E-state index contributed by atoms with van der Waals surface area (Å²) in [6, 6.07) is 20.2. The molecule has 3 aromatic rings. The van der Waals surface area contributed by atoms with Gasteiger partial charge in [-0.1, -0.05) is 18.2 Å². The van der Waals surface area contributed by atoms with Gasteiger partial charge in [-0.3, -0.25) is 14.6 Å². The lowest BCUT2D eigenvalue weighted by atomic mass is 9.96. The van der Waals surface area contributed by atoms with Crippen molar-refractivity contribution in [2.75, 3.05) is 19.6 Å². The standard InChI is InChI=1S/C25H25N3O3/c29-24(20-8-10-23(11-9-20)31-22-6-2-1-3-7-22)27-17-19-12-15-28(16-13-19)25(30)21-5-4-14-26-18-21/h1-11,14,18-19H,12-13,15-17H2,(H,27,29). The zero-order valence-corrected chi connectivity index (χ0v) is 17.2. The fourth-order valence-electron chi connectivity index (χ4n) is 3.65. The van der Waals surface area contributed by atoms with Crippen molar-refractivity contribution in [3.8, 4) is 11.5 Å². The largest absolute Gasteiger partial charge is 0.457 e. The molecule has 2 aromatic carbocycles. The molecule has 0 bridgehead atoms. The van der Waals surface area contributed by atoms with Crippen molar-refractivity contribution in [2.24, 2.45) is 5.92 Å². The Balaban J connectivity index is 1.23. The predicted molar refractivity (Wildman–Crippen MR) is 118 cm³/mol. The summed E-state index contributed by atoms with van der Waals surface area (Å²) in [7, 11) is 0. The van der Waals surface area contributed by atoms with Crippen LogP contribution in [0.4, 0.5) is 0 Å². The molecule has 31 heavy (non-hydrogen) atoms. The summed E-state index contributed by atoms with van der Waals surface area (Å²) in [5, 5.41) is 3.02. The molecule has 1 aromatic heterocycles. The number of carbonyl (C=O) groups excluding carboxylic acids is 2. The van der Waals surface area contributed by atoms with Crippen LogP contribution >= 0.6 is 0 Å². The van der Waals surface area contributed by atoms with Crippen LogP contribution in [-0.2, 0) is 0 Å². The molecule has 0 saturated carbocycles. The third-order valence-electron chi connectivity index (χ3n) is 5.46. The van der Waals surface area contributed by atoms with Gasteiger partial charge in [0.2, 0.25) is 0 Å². The number of aromatic nitrogens is 1. The van der Waals surface area contributed by atoms with Gasteiger partial charge in [-0.2, -0.15) is 0 Å². The molecule has 2 amide bonds. The third-order valence-corrected chi connectivity index (χ3v) is 5.46. The van der Waals surface area contributed by atoms with E-state index in [2.05, 4.69) is 10.3 Å². The number of pyridine rings is 1. The molecule has 4 rings (SSSR count). The Hall–Kier alpha value is -3.67. The highest BCUT2D eigenvalue weighted by Gasteiger charge is 2.24. The van der Waals surface area contributed by atoms with E-state index in [1.807, 2.05) is 35.2 Å². The lowest BCUT2D eigenvalue weighted by Gasteiger charge is -2.32. The maximum Gasteiger partial charge on any atom is 0.255 e. The van der Waals surface area contributed by atoms with E-state index in [0.29, 0.717) is 42.4 Å². The first-order chi connectivity index (χ1) is 15.2. The molecular formula is C25H25N3O3. The first kappa shape index (κ1) is 20.6. The Kier molecular flexibility index (Phi) is 6.57. The van der Waals surface area contributed by atoms with E-state index >= 15 is 0 Å². The zero-order chi connectivity index (χ0) is 21.5. The molecule has 0 aliphatic carbocycles. The number of piperidine rings is 1. The van der Waals surface area contributed by atoms with Gasteiger partial charge in [0, 0.05) is 37.6 Å². The molecular weight excluding hydrogens is 390 g/mol. The van der Waals surface area contributed by atoms with Crippen molar-refractivity contribution in [2.45, 2.75) is 12.8 Å². The van der Waals surface area contributed by atoms with Crippen molar-refractivity contribution in [3.63, 3.8) is 0 Å². The number of benzene rings is 2. The molecule has 0 spiro atoms. The minimum atomic E-state index is -0.0971. The summed E-state index contributed by atoms with van der Waals surface area (Å²) in [5.41, 5.74) is 1.22. The van der Waals surface area contributed by atoms with Crippen LogP contribution in [0.1, 0.15) is 33.6 Å². The van der Waals surface area contributed by atoms with Crippen LogP contribution < -0.4 is 10.1 Å². The molecule has 1 fully saturated rings. The second kappa shape index (κ2) is 9.89. The van der Waals surface area contributed by atoms with Crippen LogP contribution in [0, 0.1) is 5.92 Å². The van der Waals surface area contributed by atoms with Crippen molar-refractivity contribution in [3.05, 3.63) is 90.3 Å². The van der Waals surface area contributed by atoms with E-state index in [1.54, 1.807) is 48.8 Å². The third kappa shape index (κ3) is 5.48. The van der Waals surface area contributed by atoms with E-state index in [0.717, 1.165) is 18.6 Å². The minimum Gasteiger partial charge on any atom is -0.457 e. The average Bonchev–Trinajstić information content (AvgIpc) is 2.84. The number of para-hydroxylation sites is 1. The number of ether oxygens (including phenoxy) is 1. The summed E-state index contributed by atoms with van der Waals surface area (Å²) < 4.78 is 5.76. The monoisotopic (exact) mass is 415 g/mol. The quantitative estimate of drug-likeness (QED) is 0.656. The Labute approximate surface area is 181 Å². The maximum absolute atomic E-state index is 12.5. The van der Waals surface area contributed by atoms with E-state index in [1.165, 1.54) is 0 Å². The minimum absolute atomic E-state index is 0.0217. The molecule has 1 aliphatic rings. The van der Waals surface area contributed by atoms with Crippen molar-refractivity contribution in [1.82, 2.24) is 15.2 Å². The number of nitrogens with one attached hydrogen (secondary N) is 1. The van der Waals surface area contributed by atoms with Gasteiger partial charge in [0.1, 0.15) is 11.5 Å². The molecule has 2 heterocycles. The predicted octanol–water partition coefficient (Wildman–Crippen LogP) is 4.16. The van der Waals surface area contributed by atoms with Gasteiger partial charge < -0.3 is 15.0 Å². The first-order valence-corrected chi connectivity index (χ1v) is 10.5. The molecule has 0 atom stereocenters. The lowest BCUT2D eigenvalue weighted by Crippen LogP contribution is -2.41. The van der Waals surface area contributed by atoms with Crippen LogP contribution in [-0.4, -0.2) is 41.3 Å². The van der Waals surface area contributed by atoms with Gasteiger partial charge in [0.05, 0.1) is 5.56 Å². The van der Waals surface area contributed by atoms with Crippen LogP contribution in [0.15, 0.2) is 79.1 Å².